The van der Waals surface area contributed by atoms with Crippen LogP contribution in [0.25, 0.3) is 10.9 Å². The molecule has 0 fully saturated rings. The third kappa shape index (κ3) is 4.62. The number of carbonyl (C=O) groups excluding carboxylic acids is 2. The number of fused-ring (bicyclic) bond motifs is 1. The number of sulfone groups is 1. The van der Waals surface area contributed by atoms with Crippen LogP contribution in [0, 0.1) is 6.92 Å². The molecule has 3 rings (SSSR count). The molecule has 0 saturated carbocycles. The summed E-state index contributed by atoms with van der Waals surface area (Å²) in [4.78, 5) is 24.2. The Morgan fingerprint density at radius 2 is 1.75 bits per heavy atom. The van der Waals surface area contributed by atoms with E-state index in [1.807, 2.05) is 13.0 Å². The number of carbonyl (C=O) groups is 2. The normalized spacial score (nSPS) is 12.6. The summed E-state index contributed by atoms with van der Waals surface area (Å²) in [5.74, 6) is -1.88. The van der Waals surface area contributed by atoms with E-state index in [0.717, 1.165) is 18.2 Å². The number of rotatable bonds is 6. The molecule has 7 nitrogen and oxygen atoms in total. The molecule has 0 aliphatic rings. The molecule has 32 heavy (non-hydrogen) atoms. The molecule has 1 N–H and O–H groups in total. The average Bonchev–Trinajstić information content (AvgIpc) is 3.08. The van der Waals surface area contributed by atoms with Gasteiger partial charge in [0.1, 0.15) is 5.69 Å². The second-order valence-electron chi connectivity index (χ2n) is 7.44. The van der Waals surface area contributed by atoms with Crippen molar-refractivity contribution >= 4 is 55.8 Å². The van der Waals surface area contributed by atoms with E-state index in [0.29, 0.717) is 26.7 Å². The molecule has 0 aliphatic carbocycles. The number of amides is 1. The first-order chi connectivity index (χ1) is 15.0. The van der Waals surface area contributed by atoms with Crippen LogP contribution in [0.5, 0.6) is 0 Å². The van der Waals surface area contributed by atoms with E-state index in [1.165, 1.54) is 12.1 Å². The van der Waals surface area contributed by atoms with E-state index in [9.17, 15) is 18.0 Å². The highest BCUT2D eigenvalue weighted by Gasteiger charge is 2.22. The number of hydrogen-bond donors (Lipinski definition) is 1. The van der Waals surface area contributed by atoms with Crippen LogP contribution in [-0.4, -0.2) is 37.7 Å². The lowest BCUT2D eigenvalue weighted by molar-refractivity contribution is -0.137. The summed E-state index contributed by atoms with van der Waals surface area (Å²) in [6, 6.07) is 9.14. The average molecular weight is 497 g/mol. The van der Waals surface area contributed by atoms with Crippen LogP contribution >= 0.6 is 23.2 Å². The zero-order valence-corrected chi connectivity index (χ0v) is 20.2. The van der Waals surface area contributed by atoms with Gasteiger partial charge in [0.05, 0.1) is 33.6 Å². The van der Waals surface area contributed by atoms with Crippen molar-refractivity contribution in [1.29, 1.82) is 0 Å². The number of ether oxygens (including phenoxy) is 1. The SMILES string of the molecule is COC(=O)CS(=O)(=O)c1ccc([C@H](C)NC(=O)c2cc3c(Cl)c(Cl)c(C)cc3n2C)cc1. The number of aryl methyl sites for hydroxylation is 2. The molecular formula is C22H22Cl2N2O5S. The number of aromatic nitrogens is 1. The van der Waals surface area contributed by atoms with Crippen LogP contribution in [0.3, 0.4) is 0 Å². The maximum Gasteiger partial charge on any atom is 0.321 e. The number of benzene rings is 2. The second-order valence-corrected chi connectivity index (χ2v) is 10.2. The van der Waals surface area contributed by atoms with Crippen molar-refractivity contribution in [3.8, 4) is 0 Å². The fourth-order valence-corrected chi connectivity index (χ4v) is 4.96. The molecule has 1 heterocycles. The van der Waals surface area contributed by atoms with Gasteiger partial charge in [0.25, 0.3) is 5.91 Å². The van der Waals surface area contributed by atoms with Gasteiger partial charge < -0.3 is 14.6 Å². The van der Waals surface area contributed by atoms with Crippen LogP contribution in [0.1, 0.15) is 34.6 Å². The zero-order chi connectivity index (χ0) is 23.8. The highest BCUT2D eigenvalue weighted by molar-refractivity contribution is 7.92. The van der Waals surface area contributed by atoms with Crippen LogP contribution in [0.4, 0.5) is 0 Å². The lowest BCUT2D eigenvalue weighted by Crippen LogP contribution is -2.28. The highest BCUT2D eigenvalue weighted by atomic mass is 35.5. The smallest absolute Gasteiger partial charge is 0.321 e. The van der Waals surface area contributed by atoms with Gasteiger partial charge in [-0.3, -0.25) is 9.59 Å². The first-order valence-electron chi connectivity index (χ1n) is 9.60. The van der Waals surface area contributed by atoms with Crippen molar-refractivity contribution in [3.05, 3.63) is 63.3 Å². The molecule has 170 valence electrons. The van der Waals surface area contributed by atoms with Crippen LogP contribution < -0.4 is 5.32 Å². The summed E-state index contributed by atoms with van der Waals surface area (Å²) in [6.07, 6.45) is 0. The molecule has 0 saturated heterocycles. The van der Waals surface area contributed by atoms with E-state index >= 15 is 0 Å². The molecular weight excluding hydrogens is 475 g/mol. The van der Waals surface area contributed by atoms with Gasteiger partial charge in [-0.05, 0) is 49.2 Å². The fourth-order valence-electron chi connectivity index (χ4n) is 3.36. The number of hydrogen-bond acceptors (Lipinski definition) is 5. The van der Waals surface area contributed by atoms with Gasteiger partial charge in [-0.1, -0.05) is 35.3 Å². The van der Waals surface area contributed by atoms with Gasteiger partial charge in [0, 0.05) is 12.4 Å². The quantitative estimate of drug-likeness (QED) is 0.515. The third-order valence-electron chi connectivity index (χ3n) is 5.26. The molecule has 0 aliphatic heterocycles. The standard InChI is InChI=1S/C22H22Cl2N2O5S/c1-12-9-17-16(21(24)20(12)23)10-18(26(17)3)22(28)25-13(2)14-5-7-15(8-6-14)32(29,30)11-19(27)31-4/h5-10,13H,11H2,1-4H3,(H,25,28)/t13-/m0/s1. The lowest BCUT2D eigenvalue weighted by Gasteiger charge is -2.15. The Labute approximate surface area is 196 Å². The van der Waals surface area contributed by atoms with Gasteiger partial charge in [-0.15, -0.1) is 0 Å². The Morgan fingerprint density at radius 1 is 1.12 bits per heavy atom. The van der Waals surface area contributed by atoms with Gasteiger partial charge >= 0.3 is 5.97 Å². The van der Waals surface area contributed by atoms with Crippen molar-refractivity contribution in [2.75, 3.05) is 12.9 Å². The predicted octanol–water partition coefficient (Wildman–Crippen LogP) is 4.23. The van der Waals surface area contributed by atoms with Gasteiger partial charge in [-0.2, -0.15) is 0 Å². The minimum atomic E-state index is -3.80. The summed E-state index contributed by atoms with van der Waals surface area (Å²) >= 11 is 12.6. The zero-order valence-electron chi connectivity index (χ0n) is 17.9. The summed E-state index contributed by atoms with van der Waals surface area (Å²) in [5, 5.41) is 4.43. The molecule has 1 atom stereocenters. The second kappa shape index (κ2) is 9.13. The Kier molecular flexibility index (Phi) is 6.88. The first-order valence-corrected chi connectivity index (χ1v) is 12.0. The minimum Gasteiger partial charge on any atom is -0.468 e. The molecule has 0 radical (unpaired) electrons. The fraction of sp³-hybridized carbons (Fsp3) is 0.273. The molecule has 0 bridgehead atoms. The Bertz CT molecular complexity index is 1310. The number of nitrogens with one attached hydrogen (secondary N) is 1. The number of halogens is 2. The van der Waals surface area contributed by atoms with E-state index in [4.69, 9.17) is 23.2 Å². The van der Waals surface area contributed by atoms with Crippen molar-refractivity contribution in [3.63, 3.8) is 0 Å². The van der Waals surface area contributed by atoms with Crippen molar-refractivity contribution in [1.82, 2.24) is 9.88 Å². The Hall–Kier alpha value is -2.55. The lowest BCUT2D eigenvalue weighted by atomic mass is 10.1. The van der Waals surface area contributed by atoms with E-state index in [2.05, 4.69) is 10.1 Å². The minimum absolute atomic E-state index is 0.000695. The number of esters is 1. The third-order valence-corrected chi connectivity index (χ3v) is 7.85. The molecule has 0 unspecified atom stereocenters. The molecule has 1 aromatic heterocycles. The van der Waals surface area contributed by atoms with Gasteiger partial charge in [0.15, 0.2) is 15.6 Å². The van der Waals surface area contributed by atoms with Crippen molar-refractivity contribution < 1.29 is 22.7 Å². The molecule has 3 aromatic rings. The summed E-state index contributed by atoms with van der Waals surface area (Å²) in [7, 11) is -0.900. The van der Waals surface area contributed by atoms with E-state index < -0.39 is 27.6 Å². The van der Waals surface area contributed by atoms with Crippen molar-refractivity contribution in [2.24, 2.45) is 7.05 Å². The highest BCUT2D eigenvalue weighted by Crippen LogP contribution is 2.35. The van der Waals surface area contributed by atoms with E-state index in [-0.39, 0.29) is 10.8 Å². The van der Waals surface area contributed by atoms with Crippen LogP contribution in [-0.2, 0) is 26.4 Å². The first kappa shape index (κ1) is 24.1. The maximum absolute atomic E-state index is 12.9. The Balaban J connectivity index is 1.81. The summed E-state index contributed by atoms with van der Waals surface area (Å²) in [6.45, 7) is 3.63. The monoisotopic (exact) mass is 496 g/mol. The predicted molar refractivity (Wildman–Crippen MR) is 124 cm³/mol. The van der Waals surface area contributed by atoms with Crippen molar-refractivity contribution in [2.45, 2.75) is 24.8 Å². The molecule has 2 aromatic carbocycles. The maximum atomic E-state index is 12.9. The number of nitrogens with zero attached hydrogens (tertiary/aromatic N) is 1. The number of methoxy groups -OCH3 is 1. The van der Waals surface area contributed by atoms with Crippen LogP contribution in [0.2, 0.25) is 10.0 Å². The molecule has 10 heteroatoms. The largest absolute Gasteiger partial charge is 0.468 e. The summed E-state index contributed by atoms with van der Waals surface area (Å²) < 4.78 is 30.7. The molecule has 0 spiro atoms. The summed E-state index contributed by atoms with van der Waals surface area (Å²) in [5.41, 5.74) is 2.71. The van der Waals surface area contributed by atoms with E-state index in [1.54, 1.807) is 36.7 Å². The van der Waals surface area contributed by atoms with Gasteiger partial charge in [0.2, 0.25) is 0 Å². The van der Waals surface area contributed by atoms with Crippen LogP contribution in [0.15, 0.2) is 41.3 Å². The molecule has 1 amide bonds. The Morgan fingerprint density at radius 3 is 2.34 bits per heavy atom. The topological polar surface area (TPSA) is 94.5 Å². The van der Waals surface area contributed by atoms with Gasteiger partial charge in [-0.25, -0.2) is 8.42 Å².